The Balaban J connectivity index is 1.85. The van der Waals surface area contributed by atoms with E-state index in [1.54, 1.807) is 22.9 Å². The summed E-state index contributed by atoms with van der Waals surface area (Å²) in [5.74, 6) is 1.69. The first-order chi connectivity index (χ1) is 8.24. The number of hydrogen-bond acceptors (Lipinski definition) is 4. The number of hydrogen-bond donors (Lipinski definition) is 0. The van der Waals surface area contributed by atoms with E-state index in [2.05, 4.69) is 26.1 Å². The van der Waals surface area contributed by atoms with Crippen LogP contribution in [0.2, 0.25) is 0 Å². The Labute approximate surface area is 106 Å². The summed E-state index contributed by atoms with van der Waals surface area (Å²) in [6.07, 6.45) is 3.96. The van der Waals surface area contributed by atoms with Gasteiger partial charge < -0.3 is 9.09 Å². The van der Waals surface area contributed by atoms with E-state index >= 15 is 0 Å². The highest BCUT2D eigenvalue weighted by atomic mass is 79.9. The predicted molar refractivity (Wildman–Crippen MR) is 63.8 cm³/mol. The lowest BCUT2D eigenvalue weighted by Gasteiger charge is -2.01. The normalized spacial score (nSPS) is 15.1. The molecule has 0 spiro atoms. The summed E-state index contributed by atoms with van der Waals surface area (Å²) in [5, 5.41) is 3.88. The molecule has 0 unspecified atom stereocenters. The molecule has 0 aliphatic heterocycles. The molecule has 5 nitrogen and oxygen atoms in total. The fraction of sp³-hybridized carbons (Fsp3) is 0.364. The molecule has 0 aromatic carbocycles. The van der Waals surface area contributed by atoms with E-state index < -0.39 is 0 Å². The third-order valence-corrected chi connectivity index (χ3v) is 3.30. The standard InChI is InChI=1S/C11H10BrN3O2/c12-8-2-1-5-15(11(8)16)6-9-13-10(17-14-9)7-3-4-7/h1-2,5,7H,3-4,6H2. The van der Waals surface area contributed by atoms with Gasteiger partial charge in [-0.15, -0.1) is 0 Å². The van der Waals surface area contributed by atoms with Gasteiger partial charge in [0.15, 0.2) is 5.82 Å². The molecule has 0 atom stereocenters. The van der Waals surface area contributed by atoms with Gasteiger partial charge in [0.05, 0.1) is 11.0 Å². The number of aromatic nitrogens is 3. The highest BCUT2D eigenvalue weighted by molar-refractivity contribution is 9.10. The van der Waals surface area contributed by atoms with Crippen LogP contribution in [0.1, 0.15) is 30.5 Å². The molecule has 0 bridgehead atoms. The molecule has 0 radical (unpaired) electrons. The summed E-state index contributed by atoms with van der Waals surface area (Å²) >= 11 is 3.20. The molecule has 2 aromatic rings. The second kappa shape index (κ2) is 4.10. The molecule has 3 rings (SSSR count). The molecule has 0 saturated heterocycles. The highest BCUT2D eigenvalue weighted by Gasteiger charge is 2.29. The van der Waals surface area contributed by atoms with Gasteiger partial charge in [0.25, 0.3) is 5.56 Å². The Morgan fingerprint density at radius 2 is 2.35 bits per heavy atom. The zero-order valence-corrected chi connectivity index (χ0v) is 10.6. The third-order valence-electron chi connectivity index (χ3n) is 2.70. The van der Waals surface area contributed by atoms with Gasteiger partial charge in [-0.1, -0.05) is 5.16 Å². The van der Waals surface area contributed by atoms with Crippen LogP contribution in [-0.2, 0) is 6.54 Å². The molecular weight excluding hydrogens is 286 g/mol. The van der Waals surface area contributed by atoms with Crippen LogP contribution in [0.4, 0.5) is 0 Å². The van der Waals surface area contributed by atoms with Crippen LogP contribution >= 0.6 is 15.9 Å². The quantitative estimate of drug-likeness (QED) is 0.868. The molecule has 17 heavy (non-hydrogen) atoms. The summed E-state index contributed by atoms with van der Waals surface area (Å²) < 4.78 is 7.22. The van der Waals surface area contributed by atoms with Crippen molar-refractivity contribution in [3.63, 3.8) is 0 Å². The van der Waals surface area contributed by atoms with Crippen LogP contribution in [0.3, 0.4) is 0 Å². The van der Waals surface area contributed by atoms with Crippen molar-refractivity contribution in [1.82, 2.24) is 14.7 Å². The fourth-order valence-corrected chi connectivity index (χ4v) is 1.99. The topological polar surface area (TPSA) is 60.9 Å². The van der Waals surface area contributed by atoms with E-state index in [0.29, 0.717) is 28.7 Å². The summed E-state index contributed by atoms with van der Waals surface area (Å²) in [4.78, 5) is 16.0. The molecule has 1 aliphatic carbocycles. The number of rotatable bonds is 3. The lowest BCUT2D eigenvalue weighted by molar-refractivity contribution is 0.373. The van der Waals surface area contributed by atoms with Crippen LogP contribution in [0.15, 0.2) is 32.1 Å². The average Bonchev–Trinajstić information content (AvgIpc) is 3.06. The van der Waals surface area contributed by atoms with Crippen LogP contribution < -0.4 is 5.56 Å². The SMILES string of the molecule is O=c1c(Br)cccn1Cc1noc(C2CC2)n1. The maximum atomic E-state index is 11.8. The van der Waals surface area contributed by atoms with E-state index in [0.717, 1.165) is 12.8 Å². The number of nitrogens with zero attached hydrogens (tertiary/aromatic N) is 3. The van der Waals surface area contributed by atoms with Gasteiger partial charge in [-0.25, -0.2) is 0 Å². The van der Waals surface area contributed by atoms with E-state index in [-0.39, 0.29) is 5.56 Å². The first kappa shape index (κ1) is 10.7. The van der Waals surface area contributed by atoms with Crippen LogP contribution in [0, 0.1) is 0 Å². The van der Waals surface area contributed by atoms with Crippen molar-refractivity contribution in [2.45, 2.75) is 25.3 Å². The zero-order chi connectivity index (χ0) is 11.8. The van der Waals surface area contributed by atoms with Crippen LogP contribution in [0.25, 0.3) is 0 Å². The summed E-state index contributed by atoms with van der Waals surface area (Å²) in [5.41, 5.74) is -0.0923. The maximum Gasteiger partial charge on any atom is 0.265 e. The summed E-state index contributed by atoms with van der Waals surface area (Å²) in [6, 6.07) is 3.51. The molecule has 2 aromatic heterocycles. The molecule has 1 fully saturated rings. The molecule has 88 valence electrons. The minimum absolute atomic E-state index is 0.0923. The highest BCUT2D eigenvalue weighted by Crippen LogP contribution is 2.38. The Morgan fingerprint density at radius 1 is 1.53 bits per heavy atom. The zero-order valence-electron chi connectivity index (χ0n) is 8.97. The van der Waals surface area contributed by atoms with Gasteiger partial charge in [0.1, 0.15) is 0 Å². The number of pyridine rings is 1. The van der Waals surface area contributed by atoms with Gasteiger partial charge in [-0.3, -0.25) is 4.79 Å². The predicted octanol–water partition coefficient (Wildman–Crippen LogP) is 1.92. The fourth-order valence-electron chi connectivity index (χ4n) is 1.61. The summed E-state index contributed by atoms with van der Waals surface area (Å²) in [6.45, 7) is 0.342. The molecule has 0 N–H and O–H groups in total. The van der Waals surface area contributed by atoms with Crippen molar-refractivity contribution in [2.75, 3.05) is 0 Å². The van der Waals surface area contributed by atoms with E-state index in [9.17, 15) is 4.79 Å². The van der Waals surface area contributed by atoms with Crippen LogP contribution in [-0.4, -0.2) is 14.7 Å². The second-order valence-corrected chi connectivity index (χ2v) is 4.97. The monoisotopic (exact) mass is 295 g/mol. The van der Waals surface area contributed by atoms with Gasteiger partial charge in [-0.2, -0.15) is 4.98 Å². The smallest absolute Gasteiger partial charge is 0.265 e. The van der Waals surface area contributed by atoms with Crippen molar-refractivity contribution >= 4 is 15.9 Å². The van der Waals surface area contributed by atoms with Crippen LogP contribution in [0.5, 0.6) is 0 Å². The molecular formula is C11H10BrN3O2. The Kier molecular flexibility index (Phi) is 2.58. The van der Waals surface area contributed by atoms with E-state index in [1.807, 2.05) is 0 Å². The second-order valence-electron chi connectivity index (χ2n) is 4.11. The lowest BCUT2D eigenvalue weighted by Crippen LogP contribution is -2.20. The number of halogens is 1. The van der Waals surface area contributed by atoms with Gasteiger partial charge in [0, 0.05) is 12.1 Å². The molecule has 1 saturated carbocycles. The minimum atomic E-state index is -0.0923. The maximum absolute atomic E-state index is 11.8. The van der Waals surface area contributed by atoms with Crippen molar-refractivity contribution in [3.8, 4) is 0 Å². The first-order valence-electron chi connectivity index (χ1n) is 5.41. The molecule has 2 heterocycles. The van der Waals surface area contributed by atoms with E-state index in [4.69, 9.17) is 4.52 Å². The molecule has 0 amide bonds. The Hall–Kier alpha value is -1.43. The molecule has 1 aliphatic rings. The average molecular weight is 296 g/mol. The first-order valence-corrected chi connectivity index (χ1v) is 6.21. The van der Waals surface area contributed by atoms with Gasteiger partial charge in [-0.05, 0) is 40.9 Å². The third kappa shape index (κ3) is 2.17. The minimum Gasteiger partial charge on any atom is -0.339 e. The largest absolute Gasteiger partial charge is 0.339 e. The van der Waals surface area contributed by atoms with E-state index in [1.165, 1.54) is 0 Å². The Morgan fingerprint density at radius 3 is 3.12 bits per heavy atom. The summed E-state index contributed by atoms with van der Waals surface area (Å²) in [7, 11) is 0. The van der Waals surface area contributed by atoms with Crippen molar-refractivity contribution in [3.05, 3.63) is 44.9 Å². The Bertz CT molecular complexity index is 601. The van der Waals surface area contributed by atoms with Crippen molar-refractivity contribution in [2.24, 2.45) is 0 Å². The van der Waals surface area contributed by atoms with Gasteiger partial charge in [0.2, 0.25) is 5.89 Å². The van der Waals surface area contributed by atoms with Crippen molar-refractivity contribution in [1.29, 1.82) is 0 Å². The molecule has 6 heteroatoms. The van der Waals surface area contributed by atoms with Crippen molar-refractivity contribution < 1.29 is 4.52 Å². The lowest BCUT2D eigenvalue weighted by atomic mass is 10.4. The van der Waals surface area contributed by atoms with Gasteiger partial charge >= 0.3 is 0 Å².